The number of amides is 3. The van der Waals surface area contributed by atoms with Crippen molar-refractivity contribution in [2.24, 2.45) is 0 Å². The second kappa shape index (κ2) is 10.7. The van der Waals surface area contributed by atoms with E-state index >= 15 is 0 Å². The predicted molar refractivity (Wildman–Crippen MR) is 132 cm³/mol. The summed E-state index contributed by atoms with van der Waals surface area (Å²) >= 11 is 2.93. The van der Waals surface area contributed by atoms with E-state index in [1.165, 1.54) is 11.3 Å². The monoisotopic (exact) mass is 495 g/mol. The number of thiazole rings is 1. The minimum atomic E-state index is -0.160. The Bertz CT molecular complexity index is 1240. The smallest absolute Gasteiger partial charge is 0.318 e. The number of aryl methyl sites for hydroxylation is 2. The quantitative estimate of drug-likeness (QED) is 0.510. The molecule has 2 aromatic heterocycles. The third-order valence-electron chi connectivity index (χ3n) is 5.57. The standard InChI is InChI=1S/C24H25N5O3S2/c1-15-27-17(14-33-15)12-26-24(31)29-9-8-19-20(11-25)23(34-21(19)13-29)28-22(30)7-6-16-4-3-5-18(10-16)32-2/h3-5,10,14H,6-9,12-13H2,1-2H3,(H,26,31)(H,28,30). The highest BCUT2D eigenvalue weighted by molar-refractivity contribution is 7.16. The van der Waals surface area contributed by atoms with Crippen LogP contribution in [-0.4, -0.2) is 35.5 Å². The van der Waals surface area contributed by atoms with Gasteiger partial charge in [0, 0.05) is 23.2 Å². The van der Waals surface area contributed by atoms with Crippen molar-refractivity contribution in [2.75, 3.05) is 19.0 Å². The Morgan fingerprint density at radius 1 is 1.35 bits per heavy atom. The van der Waals surface area contributed by atoms with Gasteiger partial charge in [0.25, 0.3) is 0 Å². The number of aromatic nitrogens is 1. The summed E-state index contributed by atoms with van der Waals surface area (Å²) in [5, 5.41) is 19.0. The number of ether oxygens (including phenoxy) is 1. The van der Waals surface area contributed by atoms with E-state index in [0.29, 0.717) is 49.5 Å². The summed E-state index contributed by atoms with van der Waals surface area (Å²) in [6.45, 7) is 3.25. The maximum atomic E-state index is 12.6. The van der Waals surface area contributed by atoms with Gasteiger partial charge in [-0.15, -0.1) is 22.7 Å². The zero-order chi connectivity index (χ0) is 24.1. The van der Waals surface area contributed by atoms with Crippen LogP contribution in [0.1, 0.15) is 38.7 Å². The van der Waals surface area contributed by atoms with E-state index in [4.69, 9.17) is 4.74 Å². The molecular weight excluding hydrogens is 470 g/mol. The summed E-state index contributed by atoms with van der Waals surface area (Å²) in [5.41, 5.74) is 3.29. The molecule has 34 heavy (non-hydrogen) atoms. The normalized spacial score (nSPS) is 12.6. The van der Waals surface area contributed by atoms with Gasteiger partial charge in [0.1, 0.15) is 16.8 Å². The molecule has 0 aliphatic carbocycles. The minimum Gasteiger partial charge on any atom is -0.497 e. The number of nitrogens with one attached hydrogen (secondary N) is 2. The lowest BCUT2D eigenvalue weighted by Crippen LogP contribution is -2.42. The van der Waals surface area contributed by atoms with Gasteiger partial charge in [-0.3, -0.25) is 4.79 Å². The maximum absolute atomic E-state index is 12.6. The Balaban J connectivity index is 1.36. The van der Waals surface area contributed by atoms with Crippen LogP contribution in [0.4, 0.5) is 9.80 Å². The van der Waals surface area contributed by atoms with Gasteiger partial charge in [-0.25, -0.2) is 9.78 Å². The molecule has 0 spiro atoms. The summed E-state index contributed by atoms with van der Waals surface area (Å²) in [7, 11) is 1.61. The van der Waals surface area contributed by atoms with Gasteiger partial charge in [0.2, 0.25) is 5.91 Å². The molecule has 0 bridgehead atoms. The highest BCUT2D eigenvalue weighted by atomic mass is 32.1. The van der Waals surface area contributed by atoms with Crippen LogP contribution in [0.3, 0.4) is 0 Å². The molecule has 4 rings (SSSR count). The molecule has 0 fully saturated rings. The van der Waals surface area contributed by atoms with Gasteiger partial charge in [-0.05, 0) is 43.0 Å². The molecule has 2 N–H and O–H groups in total. The van der Waals surface area contributed by atoms with E-state index in [1.54, 1.807) is 23.3 Å². The molecule has 3 amide bonds. The fourth-order valence-electron chi connectivity index (χ4n) is 3.83. The number of nitrogens with zero attached hydrogens (tertiary/aromatic N) is 3. The average Bonchev–Trinajstić information content (AvgIpc) is 3.42. The Morgan fingerprint density at radius 2 is 2.21 bits per heavy atom. The van der Waals surface area contributed by atoms with E-state index in [1.807, 2.05) is 36.6 Å². The molecular formula is C24H25N5O3S2. The van der Waals surface area contributed by atoms with E-state index < -0.39 is 0 Å². The molecule has 0 unspecified atom stereocenters. The minimum absolute atomic E-state index is 0.147. The third kappa shape index (κ3) is 5.55. The molecule has 0 saturated carbocycles. The van der Waals surface area contributed by atoms with E-state index in [9.17, 15) is 14.9 Å². The number of urea groups is 1. The largest absolute Gasteiger partial charge is 0.497 e. The number of rotatable bonds is 7. The number of carbonyl (C=O) groups excluding carboxylic acids is 2. The zero-order valence-electron chi connectivity index (χ0n) is 19.0. The van der Waals surface area contributed by atoms with Crippen LogP contribution in [0.2, 0.25) is 0 Å². The SMILES string of the molecule is COc1cccc(CCC(=O)Nc2sc3c(c2C#N)CCN(C(=O)NCc2csc(C)n2)C3)c1. The van der Waals surface area contributed by atoms with Crippen LogP contribution in [0.5, 0.6) is 5.75 Å². The number of benzene rings is 1. The van der Waals surface area contributed by atoms with Crippen molar-refractivity contribution in [3.05, 3.63) is 61.9 Å². The van der Waals surface area contributed by atoms with Gasteiger partial charge in [-0.2, -0.15) is 5.26 Å². The summed E-state index contributed by atoms with van der Waals surface area (Å²) in [6, 6.07) is 9.71. The molecule has 1 aliphatic heterocycles. The highest BCUT2D eigenvalue weighted by Crippen LogP contribution is 2.36. The first-order valence-corrected chi connectivity index (χ1v) is 12.6. The fourth-order valence-corrected chi connectivity index (χ4v) is 5.67. The molecule has 10 heteroatoms. The molecule has 1 aromatic carbocycles. The van der Waals surface area contributed by atoms with Crippen LogP contribution in [0, 0.1) is 18.3 Å². The van der Waals surface area contributed by atoms with Crippen LogP contribution >= 0.6 is 22.7 Å². The second-order valence-electron chi connectivity index (χ2n) is 7.91. The predicted octanol–water partition coefficient (Wildman–Crippen LogP) is 4.23. The molecule has 3 aromatic rings. The molecule has 8 nitrogen and oxygen atoms in total. The molecule has 0 radical (unpaired) electrons. The van der Waals surface area contributed by atoms with E-state index in [2.05, 4.69) is 21.7 Å². The number of methoxy groups -OCH3 is 1. The van der Waals surface area contributed by atoms with Crippen molar-refractivity contribution in [3.63, 3.8) is 0 Å². The first kappa shape index (κ1) is 23.7. The van der Waals surface area contributed by atoms with E-state index in [-0.39, 0.29) is 11.9 Å². The van der Waals surface area contributed by atoms with Crippen molar-refractivity contribution < 1.29 is 14.3 Å². The van der Waals surface area contributed by atoms with Gasteiger partial charge >= 0.3 is 6.03 Å². The highest BCUT2D eigenvalue weighted by Gasteiger charge is 2.27. The molecule has 176 valence electrons. The van der Waals surface area contributed by atoms with Crippen molar-refractivity contribution >= 4 is 39.6 Å². The lowest BCUT2D eigenvalue weighted by Gasteiger charge is -2.27. The van der Waals surface area contributed by atoms with Crippen molar-refractivity contribution in [3.8, 4) is 11.8 Å². The lowest BCUT2D eigenvalue weighted by molar-refractivity contribution is -0.116. The van der Waals surface area contributed by atoms with Gasteiger partial charge in [-0.1, -0.05) is 12.1 Å². The summed E-state index contributed by atoms with van der Waals surface area (Å²) < 4.78 is 5.23. The summed E-state index contributed by atoms with van der Waals surface area (Å²) in [4.78, 5) is 32.3. The number of nitriles is 1. The van der Waals surface area contributed by atoms with Gasteiger partial charge < -0.3 is 20.3 Å². The van der Waals surface area contributed by atoms with E-state index in [0.717, 1.165) is 32.5 Å². The third-order valence-corrected chi connectivity index (χ3v) is 7.53. The molecule has 1 aliphatic rings. The van der Waals surface area contributed by atoms with Crippen LogP contribution in [-0.2, 0) is 30.7 Å². The number of hydrogen-bond acceptors (Lipinski definition) is 7. The summed E-state index contributed by atoms with van der Waals surface area (Å²) in [5.74, 6) is 0.608. The van der Waals surface area contributed by atoms with Crippen molar-refractivity contribution in [1.82, 2.24) is 15.2 Å². The number of hydrogen-bond donors (Lipinski definition) is 2. The average molecular weight is 496 g/mol. The van der Waals surface area contributed by atoms with Gasteiger partial charge in [0.15, 0.2) is 0 Å². The topological polar surface area (TPSA) is 107 Å². The Labute approximate surface area is 206 Å². The Hall–Kier alpha value is -3.42. The fraction of sp³-hybridized carbons (Fsp3) is 0.333. The second-order valence-corrected chi connectivity index (χ2v) is 10.1. The van der Waals surface area contributed by atoms with Crippen LogP contribution < -0.4 is 15.4 Å². The number of fused-ring (bicyclic) bond motifs is 1. The Kier molecular flexibility index (Phi) is 7.45. The summed E-state index contributed by atoms with van der Waals surface area (Å²) in [6.07, 6.45) is 1.45. The first-order valence-electron chi connectivity index (χ1n) is 10.9. The number of thiophene rings is 1. The number of carbonyl (C=O) groups is 2. The molecule has 0 saturated heterocycles. The molecule has 3 heterocycles. The van der Waals surface area contributed by atoms with Crippen LogP contribution in [0.25, 0.3) is 0 Å². The maximum Gasteiger partial charge on any atom is 0.318 e. The lowest BCUT2D eigenvalue weighted by atomic mass is 10.0. The van der Waals surface area contributed by atoms with Crippen LogP contribution in [0.15, 0.2) is 29.6 Å². The zero-order valence-corrected chi connectivity index (χ0v) is 20.6. The number of anilines is 1. The van der Waals surface area contributed by atoms with Gasteiger partial charge in [0.05, 0.1) is 36.5 Å². The molecule has 0 atom stereocenters. The van der Waals surface area contributed by atoms with Crippen molar-refractivity contribution in [2.45, 2.75) is 39.3 Å². The van der Waals surface area contributed by atoms with Crippen molar-refractivity contribution in [1.29, 1.82) is 5.26 Å². The first-order chi connectivity index (χ1) is 16.5. The Morgan fingerprint density at radius 3 is 2.94 bits per heavy atom.